The number of likely N-dealkylation sites (N-methyl/N-ethyl adjacent to an activating group) is 1. The fraction of sp³-hybridized carbons (Fsp3) is 0.778. The molecule has 1 heterocycles. The molecule has 0 aromatic heterocycles. The minimum Gasteiger partial charge on any atom is -0.365 e. The van der Waals surface area contributed by atoms with Crippen molar-refractivity contribution in [1.29, 1.82) is 0 Å². The Morgan fingerprint density at radius 2 is 2.18 bits per heavy atom. The molecular formula is C9H18N2. The molecule has 0 amide bonds. The van der Waals surface area contributed by atoms with Crippen LogP contribution in [-0.2, 0) is 0 Å². The van der Waals surface area contributed by atoms with E-state index >= 15 is 0 Å². The first-order valence-electron chi connectivity index (χ1n) is 4.25. The highest BCUT2D eigenvalue weighted by molar-refractivity contribution is 5.06. The highest BCUT2D eigenvalue weighted by Gasteiger charge is 2.17. The zero-order valence-electron chi connectivity index (χ0n) is 7.96. The average molecular weight is 154 g/mol. The Morgan fingerprint density at radius 3 is 2.73 bits per heavy atom. The topological polar surface area (TPSA) is 6.48 Å². The van der Waals surface area contributed by atoms with Crippen LogP contribution in [0.2, 0.25) is 0 Å². The number of hydrogen-bond donors (Lipinski definition) is 0. The van der Waals surface area contributed by atoms with Gasteiger partial charge >= 0.3 is 0 Å². The SMILES string of the molecule is CCC1C=C(C)N(C)CN1C. The summed E-state index contributed by atoms with van der Waals surface area (Å²) in [5, 5.41) is 0. The number of rotatable bonds is 1. The van der Waals surface area contributed by atoms with Gasteiger partial charge in [-0.05, 0) is 26.5 Å². The summed E-state index contributed by atoms with van der Waals surface area (Å²) in [5.41, 5.74) is 1.40. The lowest BCUT2D eigenvalue weighted by molar-refractivity contribution is 0.159. The van der Waals surface area contributed by atoms with Gasteiger partial charge in [0, 0.05) is 18.8 Å². The van der Waals surface area contributed by atoms with Crippen LogP contribution in [0.25, 0.3) is 0 Å². The van der Waals surface area contributed by atoms with Gasteiger partial charge in [-0.1, -0.05) is 6.92 Å². The highest BCUT2D eigenvalue weighted by atomic mass is 15.3. The van der Waals surface area contributed by atoms with E-state index in [1.54, 1.807) is 0 Å². The molecule has 0 N–H and O–H groups in total. The second-order valence-electron chi connectivity index (χ2n) is 3.38. The number of nitrogens with zero attached hydrogens (tertiary/aromatic N) is 2. The summed E-state index contributed by atoms with van der Waals surface area (Å²) in [6, 6.07) is 0.645. The van der Waals surface area contributed by atoms with E-state index in [4.69, 9.17) is 0 Å². The van der Waals surface area contributed by atoms with Gasteiger partial charge in [0.25, 0.3) is 0 Å². The first kappa shape index (κ1) is 8.60. The molecule has 64 valence electrons. The summed E-state index contributed by atoms with van der Waals surface area (Å²) in [6.07, 6.45) is 3.55. The Morgan fingerprint density at radius 1 is 1.55 bits per heavy atom. The van der Waals surface area contributed by atoms with Gasteiger partial charge in [-0.25, -0.2) is 0 Å². The van der Waals surface area contributed by atoms with E-state index in [1.807, 2.05) is 0 Å². The van der Waals surface area contributed by atoms with Crippen LogP contribution in [0.3, 0.4) is 0 Å². The van der Waals surface area contributed by atoms with Gasteiger partial charge in [-0.3, -0.25) is 4.90 Å². The molecule has 0 aromatic carbocycles. The third-order valence-corrected chi connectivity index (χ3v) is 2.46. The Balaban J connectivity index is 2.69. The van der Waals surface area contributed by atoms with Crippen molar-refractivity contribution in [3.63, 3.8) is 0 Å². The smallest absolute Gasteiger partial charge is 0.0703 e. The lowest BCUT2D eigenvalue weighted by atomic mass is 10.1. The molecule has 1 unspecified atom stereocenters. The minimum atomic E-state index is 0.645. The third kappa shape index (κ3) is 1.74. The first-order chi connectivity index (χ1) is 5.15. The van der Waals surface area contributed by atoms with Crippen molar-refractivity contribution < 1.29 is 0 Å². The van der Waals surface area contributed by atoms with Crippen LogP contribution in [0.4, 0.5) is 0 Å². The van der Waals surface area contributed by atoms with Crippen LogP contribution < -0.4 is 0 Å². The largest absolute Gasteiger partial charge is 0.365 e. The molecule has 2 nitrogen and oxygen atoms in total. The van der Waals surface area contributed by atoms with Gasteiger partial charge in [0.2, 0.25) is 0 Å². The van der Waals surface area contributed by atoms with E-state index in [2.05, 4.69) is 43.8 Å². The fourth-order valence-corrected chi connectivity index (χ4v) is 1.51. The van der Waals surface area contributed by atoms with Crippen LogP contribution in [0.1, 0.15) is 20.3 Å². The quantitative estimate of drug-likeness (QED) is 0.565. The predicted molar refractivity (Wildman–Crippen MR) is 48.2 cm³/mol. The van der Waals surface area contributed by atoms with Gasteiger partial charge in [-0.2, -0.15) is 0 Å². The van der Waals surface area contributed by atoms with Gasteiger partial charge < -0.3 is 4.90 Å². The van der Waals surface area contributed by atoms with Crippen molar-refractivity contribution in [1.82, 2.24) is 9.80 Å². The third-order valence-electron chi connectivity index (χ3n) is 2.46. The highest BCUT2D eigenvalue weighted by Crippen LogP contribution is 2.15. The molecule has 1 atom stereocenters. The van der Waals surface area contributed by atoms with Crippen molar-refractivity contribution in [2.75, 3.05) is 20.8 Å². The number of hydrogen-bond acceptors (Lipinski definition) is 2. The molecule has 0 aliphatic carbocycles. The van der Waals surface area contributed by atoms with Gasteiger partial charge in [0.1, 0.15) is 0 Å². The molecule has 0 aromatic rings. The van der Waals surface area contributed by atoms with Crippen molar-refractivity contribution in [2.24, 2.45) is 0 Å². The van der Waals surface area contributed by atoms with Crippen molar-refractivity contribution in [3.05, 3.63) is 11.8 Å². The van der Waals surface area contributed by atoms with Crippen molar-refractivity contribution >= 4 is 0 Å². The Hall–Kier alpha value is -0.500. The van der Waals surface area contributed by atoms with E-state index in [1.165, 1.54) is 12.1 Å². The molecule has 0 radical (unpaired) electrons. The maximum Gasteiger partial charge on any atom is 0.0703 e. The van der Waals surface area contributed by atoms with E-state index in [0.717, 1.165) is 6.67 Å². The summed E-state index contributed by atoms with van der Waals surface area (Å²) >= 11 is 0. The Labute approximate surface area is 69.5 Å². The molecule has 1 aliphatic heterocycles. The number of allylic oxidation sites excluding steroid dienone is 1. The monoisotopic (exact) mass is 154 g/mol. The van der Waals surface area contributed by atoms with Crippen LogP contribution >= 0.6 is 0 Å². The predicted octanol–water partition coefficient (Wildman–Crippen LogP) is 1.50. The van der Waals surface area contributed by atoms with Gasteiger partial charge in [-0.15, -0.1) is 0 Å². The molecule has 0 saturated carbocycles. The second kappa shape index (κ2) is 3.26. The normalized spacial score (nSPS) is 27.1. The summed E-state index contributed by atoms with van der Waals surface area (Å²) in [5.74, 6) is 0. The summed E-state index contributed by atoms with van der Waals surface area (Å²) in [7, 11) is 4.31. The van der Waals surface area contributed by atoms with Crippen LogP contribution in [-0.4, -0.2) is 36.6 Å². The summed E-state index contributed by atoms with van der Waals surface area (Å²) in [6.45, 7) is 5.47. The lowest BCUT2D eigenvalue weighted by Crippen LogP contribution is -2.42. The van der Waals surface area contributed by atoms with Gasteiger partial charge in [0.05, 0.1) is 6.67 Å². The molecule has 0 fully saturated rings. The van der Waals surface area contributed by atoms with E-state index < -0.39 is 0 Å². The molecule has 0 spiro atoms. The molecular weight excluding hydrogens is 136 g/mol. The lowest BCUT2D eigenvalue weighted by Gasteiger charge is -2.36. The average Bonchev–Trinajstić information content (AvgIpc) is 1.97. The van der Waals surface area contributed by atoms with E-state index in [0.29, 0.717) is 6.04 Å². The molecule has 11 heavy (non-hydrogen) atoms. The Bertz CT molecular complexity index is 163. The zero-order chi connectivity index (χ0) is 8.43. The van der Waals surface area contributed by atoms with Crippen LogP contribution in [0, 0.1) is 0 Å². The zero-order valence-corrected chi connectivity index (χ0v) is 7.96. The molecule has 0 saturated heterocycles. The second-order valence-corrected chi connectivity index (χ2v) is 3.38. The molecule has 2 heteroatoms. The maximum absolute atomic E-state index is 2.37. The summed E-state index contributed by atoms with van der Waals surface area (Å²) in [4.78, 5) is 4.64. The fourth-order valence-electron chi connectivity index (χ4n) is 1.51. The van der Waals surface area contributed by atoms with Crippen molar-refractivity contribution in [2.45, 2.75) is 26.3 Å². The van der Waals surface area contributed by atoms with Crippen molar-refractivity contribution in [3.8, 4) is 0 Å². The van der Waals surface area contributed by atoms with Gasteiger partial charge in [0.15, 0.2) is 0 Å². The van der Waals surface area contributed by atoms with Crippen LogP contribution in [0.5, 0.6) is 0 Å². The first-order valence-corrected chi connectivity index (χ1v) is 4.25. The summed E-state index contributed by atoms with van der Waals surface area (Å²) < 4.78 is 0. The molecule has 1 aliphatic rings. The van der Waals surface area contributed by atoms with E-state index in [9.17, 15) is 0 Å². The maximum atomic E-state index is 2.37. The minimum absolute atomic E-state index is 0.645. The molecule has 0 bridgehead atoms. The standard InChI is InChI=1S/C9H18N2/c1-5-9-6-8(2)10(3)7-11(9)4/h6,9H,5,7H2,1-4H3. The van der Waals surface area contributed by atoms with E-state index in [-0.39, 0.29) is 0 Å². The van der Waals surface area contributed by atoms with Crippen LogP contribution in [0.15, 0.2) is 11.8 Å². The molecule has 1 rings (SSSR count). The Kier molecular flexibility index (Phi) is 2.55.